The highest BCUT2D eigenvalue weighted by Crippen LogP contribution is 2.11. The fourth-order valence-corrected chi connectivity index (χ4v) is 1.93. The monoisotopic (exact) mass is 281 g/mol. The Morgan fingerprint density at radius 1 is 1.45 bits per heavy atom. The lowest BCUT2D eigenvalue weighted by atomic mass is 10.2. The van der Waals surface area contributed by atoms with Crippen LogP contribution in [-0.4, -0.2) is 28.6 Å². The lowest BCUT2D eigenvalue weighted by molar-refractivity contribution is -0.129. The number of ether oxygens (including phenoxy) is 1. The Balaban J connectivity index is 2.57. The van der Waals surface area contributed by atoms with Gasteiger partial charge in [0.1, 0.15) is 5.69 Å². The maximum Gasteiger partial charge on any atom is 0.355 e. The number of esters is 1. The average molecular weight is 281 g/mol. The van der Waals surface area contributed by atoms with Crippen LogP contribution in [0.3, 0.4) is 0 Å². The molecule has 1 amide bonds. The molecule has 1 aromatic heterocycles. The number of carbonyl (C=O) groups is 2. The van der Waals surface area contributed by atoms with Gasteiger partial charge >= 0.3 is 5.97 Å². The van der Waals surface area contributed by atoms with Crippen molar-refractivity contribution >= 4 is 17.6 Å². The van der Waals surface area contributed by atoms with E-state index in [0.717, 1.165) is 12.8 Å². The van der Waals surface area contributed by atoms with Gasteiger partial charge in [-0.25, -0.2) is 4.79 Å². The molecule has 1 heterocycles. The van der Waals surface area contributed by atoms with Crippen LogP contribution in [0.5, 0.6) is 0 Å². The van der Waals surface area contributed by atoms with Crippen molar-refractivity contribution in [2.75, 3.05) is 5.73 Å². The van der Waals surface area contributed by atoms with Gasteiger partial charge in [-0.3, -0.25) is 4.79 Å². The SMILES string of the molecule is CCCC(C)NC(=O)C(C)OC(=O)c1cc(N)cn1C. The molecule has 3 N–H and O–H groups in total. The van der Waals surface area contributed by atoms with E-state index in [1.54, 1.807) is 24.7 Å². The van der Waals surface area contributed by atoms with Crippen molar-refractivity contribution in [3.05, 3.63) is 18.0 Å². The van der Waals surface area contributed by atoms with Crippen molar-refractivity contribution in [2.24, 2.45) is 7.05 Å². The maximum absolute atomic E-state index is 11.9. The number of rotatable bonds is 6. The first-order valence-corrected chi connectivity index (χ1v) is 6.78. The summed E-state index contributed by atoms with van der Waals surface area (Å²) in [5, 5.41) is 2.81. The maximum atomic E-state index is 11.9. The Labute approximate surface area is 119 Å². The zero-order valence-electron chi connectivity index (χ0n) is 12.5. The first-order valence-electron chi connectivity index (χ1n) is 6.78. The first kappa shape index (κ1) is 16.1. The summed E-state index contributed by atoms with van der Waals surface area (Å²) in [6.45, 7) is 5.53. The zero-order chi connectivity index (χ0) is 15.3. The number of nitrogen functional groups attached to an aromatic ring is 1. The van der Waals surface area contributed by atoms with Crippen molar-refractivity contribution in [3.8, 4) is 0 Å². The minimum atomic E-state index is -0.835. The molecule has 6 heteroatoms. The van der Waals surface area contributed by atoms with Gasteiger partial charge in [0.15, 0.2) is 6.10 Å². The smallest absolute Gasteiger partial charge is 0.355 e. The lowest BCUT2D eigenvalue weighted by Crippen LogP contribution is -2.40. The number of nitrogens with zero attached hydrogens (tertiary/aromatic N) is 1. The molecule has 20 heavy (non-hydrogen) atoms. The van der Waals surface area contributed by atoms with Crippen LogP contribution in [-0.2, 0) is 16.6 Å². The number of nitrogens with one attached hydrogen (secondary N) is 1. The molecule has 6 nitrogen and oxygen atoms in total. The van der Waals surface area contributed by atoms with Gasteiger partial charge in [-0.1, -0.05) is 13.3 Å². The number of carbonyl (C=O) groups excluding carboxylic acids is 2. The van der Waals surface area contributed by atoms with Gasteiger partial charge in [0, 0.05) is 19.3 Å². The third-order valence-corrected chi connectivity index (χ3v) is 3.00. The fraction of sp³-hybridized carbons (Fsp3) is 0.571. The zero-order valence-corrected chi connectivity index (χ0v) is 12.5. The summed E-state index contributed by atoms with van der Waals surface area (Å²) in [7, 11) is 1.70. The van der Waals surface area contributed by atoms with Gasteiger partial charge in [-0.15, -0.1) is 0 Å². The highest BCUT2D eigenvalue weighted by atomic mass is 16.5. The molecule has 0 saturated heterocycles. The molecular weight excluding hydrogens is 258 g/mol. The predicted octanol–water partition coefficient (Wildman–Crippen LogP) is 1.46. The normalized spacial score (nSPS) is 13.6. The van der Waals surface area contributed by atoms with Gasteiger partial charge < -0.3 is 20.4 Å². The van der Waals surface area contributed by atoms with E-state index in [4.69, 9.17) is 10.5 Å². The van der Waals surface area contributed by atoms with Crippen molar-refractivity contribution in [1.82, 2.24) is 9.88 Å². The molecule has 0 spiro atoms. The van der Waals surface area contributed by atoms with E-state index in [-0.39, 0.29) is 11.9 Å². The Morgan fingerprint density at radius 2 is 2.10 bits per heavy atom. The van der Waals surface area contributed by atoms with Crippen LogP contribution in [0.25, 0.3) is 0 Å². The molecule has 0 aliphatic heterocycles. The second kappa shape index (κ2) is 6.98. The molecule has 0 saturated carbocycles. The molecule has 0 fully saturated rings. The molecule has 0 aliphatic carbocycles. The third kappa shape index (κ3) is 4.29. The van der Waals surface area contributed by atoms with Crippen LogP contribution in [0.15, 0.2) is 12.3 Å². The van der Waals surface area contributed by atoms with Crippen LogP contribution in [0.2, 0.25) is 0 Å². The van der Waals surface area contributed by atoms with Crippen molar-refractivity contribution in [3.63, 3.8) is 0 Å². The van der Waals surface area contributed by atoms with Crippen molar-refractivity contribution in [1.29, 1.82) is 0 Å². The van der Waals surface area contributed by atoms with Gasteiger partial charge in [0.05, 0.1) is 5.69 Å². The summed E-state index contributed by atoms with van der Waals surface area (Å²) < 4.78 is 6.72. The molecule has 0 aliphatic rings. The number of nitrogens with two attached hydrogens (primary N) is 1. The molecule has 0 bridgehead atoms. The molecule has 112 valence electrons. The molecule has 2 atom stereocenters. The fourth-order valence-electron chi connectivity index (χ4n) is 1.93. The number of aryl methyl sites for hydroxylation is 1. The minimum Gasteiger partial charge on any atom is -0.448 e. The van der Waals surface area contributed by atoms with E-state index in [0.29, 0.717) is 11.4 Å². The molecular formula is C14H23N3O3. The van der Waals surface area contributed by atoms with E-state index in [1.165, 1.54) is 6.07 Å². The number of aromatic nitrogens is 1. The number of anilines is 1. The summed E-state index contributed by atoms with van der Waals surface area (Å²) in [4.78, 5) is 23.8. The third-order valence-electron chi connectivity index (χ3n) is 3.00. The number of amides is 1. The second-order valence-electron chi connectivity index (χ2n) is 5.02. The van der Waals surface area contributed by atoms with Gasteiger partial charge in [-0.05, 0) is 26.3 Å². The lowest BCUT2D eigenvalue weighted by Gasteiger charge is -2.17. The molecule has 2 unspecified atom stereocenters. The van der Waals surface area contributed by atoms with Crippen LogP contribution >= 0.6 is 0 Å². The Morgan fingerprint density at radius 3 is 2.60 bits per heavy atom. The summed E-state index contributed by atoms with van der Waals surface area (Å²) in [5.41, 5.74) is 6.40. The van der Waals surface area contributed by atoms with E-state index in [2.05, 4.69) is 5.32 Å². The highest BCUT2D eigenvalue weighted by Gasteiger charge is 2.21. The molecule has 1 rings (SSSR count). The Hall–Kier alpha value is -1.98. The van der Waals surface area contributed by atoms with E-state index in [9.17, 15) is 9.59 Å². The quantitative estimate of drug-likeness (QED) is 0.773. The van der Waals surface area contributed by atoms with Crippen LogP contribution in [0.1, 0.15) is 44.1 Å². The van der Waals surface area contributed by atoms with Gasteiger partial charge in [0.25, 0.3) is 5.91 Å². The van der Waals surface area contributed by atoms with Crippen LogP contribution < -0.4 is 11.1 Å². The highest BCUT2D eigenvalue weighted by molar-refractivity contribution is 5.91. The van der Waals surface area contributed by atoms with E-state index >= 15 is 0 Å². The second-order valence-corrected chi connectivity index (χ2v) is 5.02. The van der Waals surface area contributed by atoms with Crippen LogP contribution in [0.4, 0.5) is 5.69 Å². The Kier molecular flexibility index (Phi) is 5.61. The predicted molar refractivity (Wildman–Crippen MR) is 77.2 cm³/mol. The average Bonchev–Trinajstić information content (AvgIpc) is 2.68. The van der Waals surface area contributed by atoms with Crippen LogP contribution in [0, 0.1) is 0 Å². The number of hydrogen-bond donors (Lipinski definition) is 2. The van der Waals surface area contributed by atoms with Crippen molar-refractivity contribution < 1.29 is 14.3 Å². The summed E-state index contributed by atoms with van der Waals surface area (Å²) in [6.07, 6.45) is 2.65. The standard InChI is InChI=1S/C14H23N3O3/c1-5-6-9(2)16-13(18)10(3)20-14(19)12-7-11(15)8-17(12)4/h7-10H,5-6,15H2,1-4H3,(H,16,18). The van der Waals surface area contributed by atoms with E-state index < -0.39 is 12.1 Å². The van der Waals surface area contributed by atoms with Gasteiger partial charge in [0.2, 0.25) is 0 Å². The first-order chi connectivity index (χ1) is 9.35. The summed E-state index contributed by atoms with van der Waals surface area (Å²) in [6, 6.07) is 1.59. The summed E-state index contributed by atoms with van der Waals surface area (Å²) >= 11 is 0. The molecule has 1 aromatic rings. The summed E-state index contributed by atoms with van der Waals surface area (Å²) in [5.74, 6) is -0.850. The number of hydrogen-bond acceptors (Lipinski definition) is 4. The molecule has 0 aromatic carbocycles. The topological polar surface area (TPSA) is 86.3 Å². The largest absolute Gasteiger partial charge is 0.448 e. The van der Waals surface area contributed by atoms with E-state index in [1.807, 2.05) is 13.8 Å². The minimum absolute atomic E-state index is 0.0688. The molecule has 0 radical (unpaired) electrons. The Bertz CT molecular complexity index is 482. The van der Waals surface area contributed by atoms with Crippen molar-refractivity contribution in [2.45, 2.75) is 45.8 Å². The van der Waals surface area contributed by atoms with Gasteiger partial charge in [-0.2, -0.15) is 0 Å².